The van der Waals surface area contributed by atoms with Gasteiger partial charge in [0, 0.05) is 63.5 Å². The van der Waals surface area contributed by atoms with Crippen molar-refractivity contribution >= 4 is 17.7 Å². The number of likely N-dealkylation sites (N-methyl/N-ethyl adjacent to an activating group) is 1. The van der Waals surface area contributed by atoms with Crippen LogP contribution in [-0.4, -0.2) is 90.5 Å². The molecule has 1 aromatic carbocycles. The minimum absolute atomic E-state index is 0.00486. The molecule has 1 aromatic heterocycles. The van der Waals surface area contributed by atoms with Gasteiger partial charge in [0.15, 0.2) is 18.1 Å². The van der Waals surface area contributed by atoms with Gasteiger partial charge >= 0.3 is 0 Å². The van der Waals surface area contributed by atoms with E-state index in [1.807, 2.05) is 18.5 Å². The van der Waals surface area contributed by atoms with Crippen LogP contribution in [0.15, 0.2) is 30.6 Å². The third-order valence-corrected chi connectivity index (χ3v) is 8.64. The molecule has 0 unspecified atom stereocenters. The van der Waals surface area contributed by atoms with E-state index in [0.29, 0.717) is 43.3 Å². The van der Waals surface area contributed by atoms with Crippen LogP contribution in [0.3, 0.4) is 0 Å². The Kier molecular flexibility index (Phi) is 13.4. The van der Waals surface area contributed by atoms with Crippen molar-refractivity contribution < 1.29 is 23.9 Å². The number of carbonyl (C=O) groups is 3. The van der Waals surface area contributed by atoms with Gasteiger partial charge < -0.3 is 25.0 Å². The molecule has 2 bridgehead atoms. The molecule has 11 heteroatoms. The number of carbonyl (C=O) groups excluding carboxylic acids is 3. The van der Waals surface area contributed by atoms with Crippen LogP contribution in [0, 0.1) is 0 Å². The van der Waals surface area contributed by atoms with Gasteiger partial charge in [0.1, 0.15) is 11.9 Å². The predicted molar refractivity (Wildman–Crippen MR) is 172 cm³/mol. The lowest BCUT2D eigenvalue weighted by Gasteiger charge is -2.25. The van der Waals surface area contributed by atoms with E-state index in [4.69, 9.17) is 19.4 Å². The lowest BCUT2D eigenvalue weighted by atomic mass is 9.89. The topological polar surface area (TPSA) is 126 Å². The first kappa shape index (κ1) is 34.1. The smallest absolute Gasteiger partial charge is 0.258 e. The normalized spacial score (nSPS) is 21.1. The van der Waals surface area contributed by atoms with E-state index < -0.39 is 11.9 Å². The molecule has 0 spiro atoms. The molecule has 246 valence electrons. The van der Waals surface area contributed by atoms with Crippen molar-refractivity contribution in [2.45, 2.75) is 89.6 Å². The summed E-state index contributed by atoms with van der Waals surface area (Å²) in [5.74, 6) is 1.80. The Bertz CT molecular complexity index is 1250. The fourth-order valence-electron chi connectivity index (χ4n) is 6.03. The number of ether oxygens (including phenoxy) is 2. The number of hydrogen-bond acceptors (Lipinski definition) is 8. The first-order valence-electron chi connectivity index (χ1n) is 16.5. The van der Waals surface area contributed by atoms with Crippen LogP contribution in [-0.2, 0) is 27.3 Å². The fraction of sp³-hybridized carbons (Fsp3) is 0.618. The molecule has 11 nitrogen and oxygen atoms in total. The predicted octanol–water partition coefficient (Wildman–Crippen LogP) is 3.61. The van der Waals surface area contributed by atoms with E-state index in [0.717, 1.165) is 55.8 Å². The summed E-state index contributed by atoms with van der Waals surface area (Å²) in [7, 11) is 3.30. The zero-order valence-electron chi connectivity index (χ0n) is 27.2. The van der Waals surface area contributed by atoms with Gasteiger partial charge in [-0.05, 0) is 69.7 Å². The first-order valence-corrected chi connectivity index (χ1v) is 16.5. The third-order valence-electron chi connectivity index (χ3n) is 8.64. The first-order chi connectivity index (χ1) is 21.8. The molecular weight excluding hydrogens is 572 g/mol. The summed E-state index contributed by atoms with van der Waals surface area (Å²) in [6.07, 6.45) is 13.5. The average molecular weight is 623 g/mol. The number of nitrogens with zero attached hydrogens (tertiary/aromatic N) is 4. The van der Waals surface area contributed by atoms with Gasteiger partial charge in [-0.15, -0.1) is 0 Å². The summed E-state index contributed by atoms with van der Waals surface area (Å²) >= 11 is 0. The van der Waals surface area contributed by atoms with Gasteiger partial charge in [0.25, 0.3) is 5.91 Å². The van der Waals surface area contributed by atoms with E-state index in [2.05, 4.69) is 15.5 Å². The van der Waals surface area contributed by atoms with E-state index in [1.165, 1.54) is 39.2 Å². The second kappa shape index (κ2) is 17.7. The molecule has 0 saturated heterocycles. The highest BCUT2D eigenvalue weighted by atomic mass is 16.5. The maximum Gasteiger partial charge on any atom is 0.258 e. The highest BCUT2D eigenvalue weighted by Crippen LogP contribution is 2.30. The Morgan fingerprint density at radius 3 is 2.42 bits per heavy atom. The number of aryl methyl sites for hydroxylation is 1. The minimum atomic E-state index is -0.677. The lowest BCUT2D eigenvalue weighted by molar-refractivity contribution is -0.135. The Morgan fingerprint density at radius 1 is 0.933 bits per heavy atom. The van der Waals surface area contributed by atoms with Crippen molar-refractivity contribution in [3.05, 3.63) is 47.5 Å². The van der Waals surface area contributed by atoms with Crippen LogP contribution in [0.4, 0.5) is 0 Å². The van der Waals surface area contributed by atoms with Crippen molar-refractivity contribution in [3.8, 4) is 11.5 Å². The van der Waals surface area contributed by atoms with Crippen molar-refractivity contribution in [2.24, 2.45) is 0 Å². The van der Waals surface area contributed by atoms with Crippen LogP contribution in [0.2, 0.25) is 0 Å². The highest BCUT2D eigenvalue weighted by molar-refractivity contribution is 5.87. The highest BCUT2D eigenvalue weighted by Gasteiger charge is 2.21. The van der Waals surface area contributed by atoms with Crippen LogP contribution in [0.1, 0.15) is 87.6 Å². The Hall–Kier alpha value is -3.73. The van der Waals surface area contributed by atoms with E-state index in [1.54, 1.807) is 31.0 Å². The molecule has 0 radical (unpaired) electrons. The molecule has 3 amide bonds. The summed E-state index contributed by atoms with van der Waals surface area (Å²) in [4.78, 5) is 51.7. The molecule has 1 aliphatic heterocycles. The van der Waals surface area contributed by atoms with Crippen LogP contribution >= 0.6 is 0 Å². The summed E-state index contributed by atoms with van der Waals surface area (Å²) in [5, 5.41) is 5.80. The van der Waals surface area contributed by atoms with E-state index >= 15 is 0 Å². The Morgan fingerprint density at radius 2 is 1.67 bits per heavy atom. The summed E-state index contributed by atoms with van der Waals surface area (Å²) < 4.78 is 11.1. The molecule has 2 heterocycles. The summed E-state index contributed by atoms with van der Waals surface area (Å²) in [6.45, 7) is 5.01. The van der Waals surface area contributed by atoms with E-state index in [-0.39, 0.29) is 18.4 Å². The largest absolute Gasteiger partial charge is 0.493 e. The van der Waals surface area contributed by atoms with Gasteiger partial charge in [0.2, 0.25) is 11.8 Å². The average Bonchev–Trinajstić information content (AvgIpc) is 3.06. The molecule has 45 heavy (non-hydrogen) atoms. The summed E-state index contributed by atoms with van der Waals surface area (Å²) in [6, 6.07) is 4.77. The maximum atomic E-state index is 12.9. The standard InChI is InChI=1S/C34H50N6O5/c1-25-34(43)39(2)17-7-8-18-40(23-27-21-36-33(37-22-27)28-10-5-4-6-11-28)19-9-16-35-31(41)15-13-26-12-14-29(44-3)30(20-26)45-24-32(42)38-25/h12,14,20-22,25,28H,4-11,13,15-19,23-24H2,1-3H3,(H,35,41)(H,38,42)/t25-/m0/s1. The lowest BCUT2D eigenvalue weighted by Crippen LogP contribution is -2.47. The van der Waals surface area contributed by atoms with Crippen molar-refractivity contribution in [1.82, 2.24) is 30.4 Å². The zero-order chi connectivity index (χ0) is 32.0. The van der Waals surface area contributed by atoms with Gasteiger partial charge in [-0.1, -0.05) is 25.3 Å². The van der Waals surface area contributed by atoms with Crippen molar-refractivity contribution in [1.29, 1.82) is 0 Å². The van der Waals surface area contributed by atoms with Crippen molar-refractivity contribution in [2.75, 3.05) is 46.9 Å². The van der Waals surface area contributed by atoms with Gasteiger partial charge in [-0.3, -0.25) is 19.3 Å². The number of amides is 3. The molecule has 1 aliphatic carbocycles. The Labute approximate surface area is 267 Å². The minimum Gasteiger partial charge on any atom is -0.493 e. The van der Waals surface area contributed by atoms with Crippen molar-refractivity contribution in [3.63, 3.8) is 0 Å². The van der Waals surface area contributed by atoms with Crippen LogP contribution < -0.4 is 20.1 Å². The molecule has 4 rings (SSSR count). The van der Waals surface area contributed by atoms with Gasteiger partial charge in [-0.25, -0.2) is 9.97 Å². The molecule has 2 aromatic rings. The number of aromatic nitrogens is 2. The van der Waals surface area contributed by atoms with Crippen LogP contribution in [0.25, 0.3) is 0 Å². The monoisotopic (exact) mass is 622 g/mol. The number of methoxy groups -OCH3 is 1. The van der Waals surface area contributed by atoms with Crippen LogP contribution in [0.5, 0.6) is 11.5 Å². The Balaban J connectivity index is 1.39. The van der Waals surface area contributed by atoms with Gasteiger partial charge in [-0.2, -0.15) is 0 Å². The fourth-order valence-corrected chi connectivity index (χ4v) is 6.03. The maximum absolute atomic E-state index is 12.9. The third kappa shape index (κ3) is 11.0. The molecule has 2 N–H and O–H groups in total. The molecule has 1 saturated carbocycles. The molecule has 1 atom stereocenters. The molecular formula is C34H50N6O5. The number of fused-ring (bicyclic) bond motifs is 2. The molecule has 2 aliphatic rings. The second-order valence-electron chi connectivity index (χ2n) is 12.3. The quantitative estimate of drug-likeness (QED) is 0.530. The summed E-state index contributed by atoms with van der Waals surface area (Å²) in [5.41, 5.74) is 1.98. The van der Waals surface area contributed by atoms with Gasteiger partial charge in [0.05, 0.1) is 7.11 Å². The SMILES string of the molecule is COc1ccc2cc1OCC(=O)N[C@@H](C)C(=O)N(C)CCCCN(Cc1cnc(C3CCCCC3)nc1)CCCNC(=O)CC2. The second-order valence-corrected chi connectivity index (χ2v) is 12.3. The van der Waals surface area contributed by atoms with E-state index in [9.17, 15) is 14.4 Å². The number of hydrogen-bond donors (Lipinski definition) is 2. The zero-order valence-corrected chi connectivity index (χ0v) is 27.2. The molecule has 1 fully saturated rings. The number of benzene rings is 1. The number of nitrogens with one attached hydrogen (secondary N) is 2. The number of rotatable bonds is 4.